The molecule has 1 aromatic carbocycles. The van der Waals surface area contributed by atoms with E-state index in [-0.39, 0.29) is 5.56 Å². The molecule has 0 amide bonds. The van der Waals surface area contributed by atoms with Crippen LogP contribution in [0.3, 0.4) is 0 Å². The highest BCUT2D eigenvalue weighted by molar-refractivity contribution is 7.08. The van der Waals surface area contributed by atoms with E-state index in [1.807, 2.05) is 26.2 Å². The maximum Gasteiger partial charge on any atom is 0.253 e. The van der Waals surface area contributed by atoms with Gasteiger partial charge in [-0.15, -0.1) is 0 Å². The van der Waals surface area contributed by atoms with Crippen molar-refractivity contribution >= 4 is 45.0 Å². The number of pyridine rings is 2. The van der Waals surface area contributed by atoms with E-state index in [0.717, 1.165) is 71.0 Å². The number of nitrogens with zero attached hydrogens (tertiary/aromatic N) is 5. The van der Waals surface area contributed by atoms with Crippen molar-refractivity contribution in [1.82, 2.24) is 9.55 Å². The number of anilines is 4. The summed E-state index contributed by atoms with van der Waals surface area (Å²) in [5.41, 5.74) is 8.37. The van der Waals surface area contributed by atoms with Gasteiger partial charge in [0.25, 0.3) is 5.56 Å². The van der Waals surface area contributed by atoms with E-state index < -0.39 is 0 Å². The van der Waals surface area contributed by atoms with Crippen LogP contribution >= 0.6 is 11.3 Å². The number of hydrogen-bond acceptors (Lipinski definition) is 7. The Balaban J connectivity index is 1.55. The molecule has 0 bridgehead atoms. The Hall–Kier alpha value is -3.36. The van der Waals surface area contributed by atoms with Gasteiger partial charge < -0.3 is 24.0 Å². The first-order valence-corrected chi connectivity index (χ1v) is 12.9. The first-order chi connectivity index (χ1) is 17.0. The quantitative estimate of drug-likeness (QED) is 0.427. The van der Waals surface area contributed by atoms with Gasteiger partial charge in [0.15, 0.2) is 0 Å². The number of fused-ring (bicyclic) bond motifs is 2. The molecule has 7 nitrogen and oxygen atoms in total. The molecule has 2 aliphatic rings. The zero-order valence-electron chi connectivity index (χ0n) is 20.3. The van der Waals surface area contributed by atoms with Crippen molar-refractivity contribution in [3.63, 3.8) is 0 Å². The van der Waals surface area contributed by atoms with Crippen molar-refractivity contribution in [1.29, 1.82) is 0 Å². The highest BCUT2D eigenvalue weighted by atomic mass is 32.1. The summed E-state index contributed by atoms with van der Waals surface area (Å²) in [6.45, 7) is 6.75. The molecule has 0 spiro atoms. The lowest BCUT2D eigenvalue weighted by atomic mass is 10.1. The predicted octanol–water partition coefficient (Wildman–Crippen LogP) is 4.39. The van der Waals surface area contributed by atoms with Crippen LogP contribution in [0, 0.1) is 6.92 Å². The first kappa shape index (κ1) is 22.1. The molecular formula is C27H29N5O2S. The van der Waals surface area contributed by atoms with Crippen molar-refractivity contribution in [2.45, 2.75) is 6.92 Å². The predicted molar refractivity (Wildman–Crippen MR) is 145 cm³/mol. The van der Waals surface area contributed by atoms with Crippen molar-refractivity contribution < 1.29 is 4.74 Å². The molecule has 2 aliphatic heterocycles. The lowest BCUT2D eigenvalue weighted by Gasteiger charge is -2.38. The van der Waals surface area contributed by atoms with E-state index in [1.54, 1.807) is 15.9 Å². The summed E-state index contributed by atoms with van der Waals surface area (Å²) in [6, 6.07) is 10.8. The number of morpholine rings is 1. The molecule has 1 saturated heterocycles. The molecule has 6 rings (SSSR count). The van der Waals surface area contributed by atoms with E-state index in [0.29, 0.717) is 13.2 Å². The third-order valence-corrected chi connectivity index (χ3v) is 7.88. The van der Waals surface area contributed by atoms with Gasteiger partial charge in [-0.05, 0) is 42.6 Å². The summed E-state index contributed by atoms with van der Waals surface area (Å²) >= 11 is 1.68. The lowest BCUT2D eigenvalue weighted by Crippen LogP contribution is -2.38. The van der Waals surface area contributed by atoms with Crippen LogP contribution in [0.4, 0.5) is 22.7 Å². The lowest BCUT2D eigenvalue weighted by molar-refractivity contribution is 0.122. The molecule has 35 heavy (non-hydrogen) atoms. The van der Waals surface area contributed by atoms with Gasteiger partial charge in [-0.3, -0.25) is 9.78 Å². The highest BCUT2D eigenvalue weighted by Gasteiger charge is 2.26. The SMILES string of the molecule is Cc1cc2c(N3CCN(C)c4cc(-c5ccsc5)ncc43)cc(N3CCOCC3)cc2n(C)c1=O. The maximum absolute atomic E-state index is 12.8. The van der Waals surface area contributed by atoms with Crippen LogP contribution in [0.25, 0.3) is 22.2 Å². The van der Waals surface area contributed by atoms with Crippen LogP contribution in [0.15, 0.2) is 52.1 Å². The molecule has 0 N–H and O–H groups in total. The Bertz CT molecular complexity index is 1460. The van der Waals surface area contributed by atoms with Gasteiger partial charge in [-0.2, -0.15) is 11.3 Å². The Morgan fingerprint density at radius 2 is 1.80 bits per heavy atom. The second-order valence-electron chi connectivity index (χ2n) is 9.33. The Morgan fingerprint density at radius 1 is 0.971 bits per heavy atom. The van der Waals surface area contributed by atoms with Crippen LogP contribution in [0.2, 0.25) is 0 Å². The fourth-order valence-corrected chi connectivity index (χ4v) is 5.82. The molecule has 0 unspecified atom stereocenters. The summed E-state index contributed by atoms with van der Waals surface area (Å²) in [7, 11) is 4.01. The minimum atomic E-state index is 0.0448. The summed E-state index contributed by atoms with van der Waals surface area (Å²) in [5.74, 6) is 0. The molecule has 8 heteroatoms. The zero-order chi connectivity index (χ0) is 24.1. The Morgan fingerprint density at radius 3 is 2.57 bits per heavy atom. The van der Waals surface area contributed by atoms with E-state index in [1.165, 1.54) is 5.69 Å². The molecule has 0 saturated carbocycles. The second-order valence-corrected chi connectivity index (χ2v) is 10.1. The van der Waals surface area contributed by atoms with Crippen LogP contribution in [0.5, 0.6) is 0 Å². The fraction of sp³-hybridized carbons (Fsp3) is 0.333. The van der Waals surface area contributed by atoms with Gasteiger partial charge in [0.2, 0.25) is 0 Å². The molecule has 5 heterocycles. The minimum absolute atomic E-state index is 0.0448. The first-order valence-electron chi connectivity index (χ1n) is 12.0. The standard InChI is InChI=1S/C27H29N5O2S/c1-18-12-21-23(30(3)27(18)33)13-20(31-7-9-34-10-8-31)14-24(21)32-6-5-29(2)25-15-22(28-16-26(25)32)19-4-11-35-17-19/h4,11-17H,5-10H2,1-3H3. The average Bonchev–Trinajstić information content (AvgIpc) is 3.43. The monoisotopic (exact) mass is 487 g/mol. The number of hydrogen-bond donors (Lipinski definition) is 0. The number of aryl methyl sites for hydroxylation is 2. The number of aromatic nitrogens is 2. The van der Waals surface area contributed by atoms with Crippen LogP contribution in [0.1, 0.15) is 5.56 Å². The molecule has 1 fully saturated rings. The van der Waals surface area contributed by atoms with Gasteiger partial charge in [0, 0.05) is 67.9 Å². The van der Waals surface area contributed by atoms with Gasteiger partial charge in [0.05, 0.1) is 47.7 Å². The van der Waals surface area contributed by atoms with Crippen LogP contribution in [-0.2, 0) is 11.8 Å². The topological polar surface area (TPSA) is 53.8 Å². The fourth-order valence-electron chi connectivity index (χ4n) is 5.17. The normalized spacial score (nSPS) is 16.1. The van der Waals surface area contributed by atoms with Crippen molar-refractivity contribution in [2.24, 2.45) is 7.05 Å². The summed E-state index contributed by atoms with van der Waals surface area (Å²) in [6.07, 6.45) is 2.00. The van der Waals surface area contributed by atoms with E-state index in [4.69, 9.17) is 9.72 Å². The van der Waals surface area contributed by atoms with Crippen molar-refractivity contribution in [3.05, 3.63) is 63.2 Å². The number of benzene rings is 1. The van der Waals surface area contributed by atoms with Gasteiger partial charge in [-0.25, -0.2) is 0 Å². The summed E-state index contributed by atoms with van der Waals surface area (Å²) < 4.78 is 7.38. The molecule has 0 atom stereocenters. The van der Waals surface area contributed by atoms with Crippen molar-refractivity contribution in [2.75, 3.05) is 61.1 Å². The van der Waals surface area contributed by atoms with E-state index >= 15 is 0 Å². The average molecular weight is 488 g/mol. The molecule has 3 aromatic heterocycles. The second kappa shape index (κ2) is 8.70. The summed E-state index contributed by atoms with van der Waals surface area (Å²) in [5, 5.41) is 5.30. The molecule has 4 aromatic rings. The Labute approximate surface area is 208 Å². The highest BCUT2D eigenvalue weighted by Crippen LogP contribution is 2.42. The van der Waals surface area contributed by atoms with E-state index in [9.17, 15) is 4.79 Å². The smallest absolute Gasteiger partial charge is 0.253 e. The number of rotatable bonds is 3. The third kappa shape index (κ3) is 3.77. The van der Waals surface area contributed by atoms with Crippen LogP contribution in [-0.4, -0.2) is 56.0 Å². The maximum atomic E-state index is 12.8. The molecule has 180 valence electrons. The van der Waals surface area contributed by atoms with Gasteiger partial charge >= 0.3 is 0 Å². The molecular weight excluding hydrogens is 458 g/mol. The number of thiophene rings is 1. The van der Waals surface area contributed by atoms with Gasteiger partial charge in [-0.1, -0.05) is 0 Å². The molecule has 0 aliphatic carbocycles. The number of likely N-dealkylation sites (N-methyl/N-ethyl adjacent to an activating group) is 1. The number of ether oxygens (including phenoxy) is 1. The van der Waals surface area contributed by atoms with Gasteiger partial charge in [0.1, 0.15) is 0 Å². The van der Waals surface area contributed by atoms with E-state index in [2.05, 4.69) is 56.8 Å². The third-order valence-electron chi connectivity index (χ3n) is 7.19. The van der Waals surface area contributed by atoms with Crippen molar-refractivity contribution in [3.8, 4) is 11.3 Å². The Kier molecular flexibility index (Phi) is 5.50. The van der Waals surface area contributed by atoms with Crippen LogP contribution < -0.4 is 20.3 Å². The zero-order valence-corrected chi connectivity index (χ0v) is 21.1. The largest absolute Gasteiger partial charge is 0.378 e. The minimum Gasteiger partial charge on any atom is -0.378 e. The summed E-state index contributed by atoms with van der Waals surface area (Å²) in [4.78, 5) is 24.7. The molecule has 0 radical (unpaired) electrons.